The van der Waals surface area contributed by atoms with Gasteiger partial charge in [0.05, 0.1) is 39.0 Å². The zero-order chi connectivity index (χ0) is 49.2. The summed E-state index contributed by atoms with van der Waals surface area (Å²) in [6.07, 6.45) is 14.0. The predicted octanol–water partition coefficient (Wildman–Crippen LogP) is 4.15. The number of nitrogens with zero attached hydrogens (tertiary/aromatic N) is 3. The summed E-state index contributed by atoms with van der Waals surface area (Å²) >= 11 is 5.10. The average molecular weight is 1210 g/mol. The number of anilines is 1. The molecule has 1 aliphatic heterocycles. The fourth-order valence-electron chi connectivity index (χ4n) is 8.39. The smallest absolute Gasteiger partial charge is 1.00 e. The van der Waals surface area contributed by atoms with Crippen LogP contribution in [0.4, 0.5) is 5.69 Å². The molecule has 70 heavy (non-hydrogen) atoms. The molecule has 5 N–H and O–H groups in total. The molecule has 379 valence electrons. The van der Waals surface area contributed by atoms with E-state index in [0.29, 0.717) is 11.5 Å². The molecule has 0 spiro atoms. The van der Waals surface area contributed by atoms with E-state index in [-0.39, 0.29) is 89.0 Å². The minimum absolute atomic E-state index is 0. The Morgan fingerprint density at radius 1 is 0.729 bits per heavy atom. The van der Waals surface area contributed by atoms with Crippen LogP contribution in [-0.4, -0.2) is 124 Å². The van der Waals surface area contributed by atoms with E-state index in [4.69, 9.17) is 22.0 Å². The van der Waals surface area contributed by atoms with Crippen molar-refractivity contribution in [1.29, 1.82) is 0 Å². The molecule has 1 aliphatic rings. The Hall–Kier alpha value is -3.90. The summed E-state index contributed by atoms with van der Waals surface area (Å²) in [5, 5.41) is 38.8. The van der Waals surface area contributed by atoms with Gasteiger partial charge in [0.25, 0.3) is 0 Å². The van der Waals surface area contributed by atoms with Crippen LogP contribution in [0.2, 0.25) is 0 Å². The van der Waals surface area contributed by atoms with E-state index >= 15 is 0 Å². The number of halogens is 1. The monoisotopic (exact) mass is 1210 g/mol. The van der Waals surface area contributed by atoms with Crippen LogP contribution in [0, 0.1) is 39.9 Å². The molecule has 1 heterocycles. The maximum Gasteiger partial charge on any atom is 3.00 e. The van der Waals surface area contributed by atoms with E-state index in [1.165, 1.54) is 84.8 Å². The first-order valence-corrected chi connectivity index (χ1v) is 25.7. The van der Waals surface area contributed by atoms with Crippen molar-refractivity contribution < 1.29 is 101 Å². The number of aliphatic carboxylic acids is 3. The number of nitrogens with one attached hydrogen (secondary N) is 2. The van der Waals surface area contributed by atoms with Crippen LogP contribution in [0.5, 0.6) is 0 Å². The molecule has 0 aromatic heterocycles. The normalized spacial score (nSPS) is 14.3. The summed E-state index contributed by atoms with van der Waals surface area (Å²) in [6.45, 7) is 3.85. The van der Waals surface area contributed by atoms with Gasteiger partial charge < -0.3 is 42.9 Å². The van der Waals surface area contributed by atoms with Gasteiger partial charge >= 0.3 is 63.8 Å². The number of unbranched alkanes of at least 4 members (excludes halogenated alkanes) is 8. The molecule has 0 amide bonds. The van der Waals surface area contributed by atoms with Gasteiger partial charge in [-0.25, -0.2) is 9.68 Å². The molecule has 4 aromatic carbocycles. The topological polar surface area (TPSA) is 181 Å². The molecule has 1 unspecified atom stereocenters. The number of carboxylic acid groups (broad SMARTS) is 3. The molecular formula is C52H69BrGdN5O9PS+3. The fraction of sp³-hybridized carbons (Fsp3) is 0.404. The van der Waals surface area contributed by atoms with Crippen molar-refractivity contribution in [2.45, 2.75) is 77.2 Å². The maximum absolute atomic E-state index is 12.3. The maximum atomic E-state index is 12.3. The molecule has 1 atom stereocenters. The van der Waals surface area contributed by atoms with Gasteiger partial charge in [-0.15, -0.1) is 0 Å². The molecule has 5 rings (SSSR count). The zero-order valence-electron chi connectivity index (χ0n) is 40.2. The standard InChI is InChI=1S/C29H38P.C23H31N5O9S.BrH.Gd/c1-2-3-4-5-6-7-8-9-19-26-30(27-20-13-10-14-21-27,28-22-15-11-16-23-28)29-24-17-12-18-25-29;1-15-8-28(12-21(33)34)18(7-16-3-5-17(6-4-16)25-23(38)24-2)9-26(13-22(35)37-36-15)14-27(10-19(29)30)11-20(31)32;;/h10-18,20-25H,2-9,19,26H2,1H3;3-6,18H,1,7-14H2,2H3,(H,29,30)(H,31,32)(H,33,34)(H2,24,25,38);1H;/q+1;;;+3/p-1. The molecule has 1 radical (unpaired) electrons. The van der Waals surface area contributed by atoms with Crippen LogP contribution in [0.3, 0.4) is 0 Å². The van der Waals surface area contributed by atoms with Gasteiger partial charge in [-0.05, 0) is 85.6 Å². The minimum atomic E-state index is -1.62. The summed E-state index contributed by atoms with van der Waals surface area (Å²) in [5.74, 6) is -4.38. The number of hydrogen-bond donors (Lipinski definition) is 5. The number of hydrogen-bond acceptors (Lipinski definition) is 10. The van der Waals surface area contributed by atoms with E-state index < -0.39 is 56.8 Å². The predicted molar refractivity (Wildman–Crippen MR) is 275 cm³/mol. The van der Waals surface area contributed by atoms with Gasteiger partial charge in [0.2, 0.25) is 0 Å². The van der Waals surface area contributed by atoms with E-state index in [9.17, 15) is 34.5 Å². The molecule has 1 fully saturated rings. The summed E-state index contributed by atoms with van der Waals surface area (Å²) in [4.78, 5) is 60.5. The quantitative estimate of drug-likeness (QED) is 0.0292. The molecule has 14 nitrogen and oxygen atoms in total. The van der Waals surface area contributed by atoms with Crippen LogP contribution >= 0.6 is 19.5 Å². The summed E-state index contributed by atoms with van der Waals surface area (Å²) in [7, 11) is 0.0642. The molecule has 0 aliphatic carbocycles. The van der Waals surface area contributed by atoms with E-state index in [1.807, 2.05) is 12.1 Å². The Kier molecular flexibility index (Phi) is 30.6. The first-order valence-electron chi connectivity index (χ1n) is 23.3. The summed E-state index contributed by atoms with van der Waals surface area (Å²) in [5.41, 5.74) is 1.58. The molecular weight excluding hydrogens is 1140 g/mol. The number of thiocarbonyl (C=S) groups is 1. The van der Waals surface area contributed by atoms with Crippen LogP contribution < -0.4 is 43.5 Å². The Morgan fingerprint density at radius 2 is 1.21 bits per heavy atom. The third-order valence-corrected chi connectivity index (χ3v) is 16.4. The second kappa shape index (κ2) is 34.5. The van der Waals surface area contributed by atoms with Gasteiger partial charge in [0.15, 0.2) is 10.9 Å². The minimum Gasteiger partial charge on any atom is -1.00 e. The number of carbonyl (C=O) groups excluding carboxylic acids is 1. The number of carboxylic acids is 3. The van der Waals surface area contributed by atoms with Crippen molar-refractivity contribution in [3.63, 3.8) is 0 Å². The van der Waals surface area contributed by atoms with Crippen molar-refractivity contribution in [2.24, 2.45) is 0 Å². The van der Waals surface area contributed by atoms with E-state index in [2.05, 4.69) is 115 Å². The Labute approximate surface area is 462 Å². The zero-order valence-corrected chi connectivity index (χ0v) is 45.8. The molecule has 1 saturated heterocycles. The largest absolute Gasteiger partial charge is 3.00 e. The second-order valence-corrected chi connectivity index (χ2v) is 21.0. The van der Waals surface area contributed by atoms with Gasteiger partial charge in [-0.1, -0.05) is 125 Å². The van der Waals surface area contributed by atoms with Crippen molar-refractivity contribution >= 4 is 70.1 Å². The van der Waals surface area contributed by atoms with Gasteiger partial charge in [0, 0.05) is 25.3 Å². The van der Waals surface area contributed by atoms with Gasteiger partial charge in [-0.3, -0.25) is 34.0 Å². The summed E-state index contributed by atoms with van der Waals surface area (Å²) < 4.78 is 0. The van der Waals surface area contributed by atoms with Gasteiger partial charge in [0.1, 0.15) is 29.7 Å². The van der Waals surface area contributed by atoms with Crippen LogP contribution in [-0.2, 0) is 35.4 Å². The third-order valence-electron chi connectivity index (χ3n) is 11.5. The molecule has 4 aromatic rings. The number of rotatable bonds is 24. The number of carbonyl (C=O) groups is 4. The third kappa shape index (κ3) is 22.3. The van der Waals surface area contributed by atoms with Crippen molar-refractivity contribution in [1.82, 2.24) is 20.0 Å². The SMILES string of the molecule is C=C1CN(CC(=O)O)C(Cc2ccc(NC(=S)NC)cc2)CN(CN(CC(=O)O)CC(=O)O)CC(=O)OO1.CCCCCCCCCCC[P+](c1ccccc1)(c1ccccc1)c1ccccc1.[Br-].[Gd+3]. The second-order valence-electron chi connectivity index (χ2n) is 16.9. The Morgan fingerprint density at radius 3 is 1.67 bits per heavy atom. The van der Waals surface area contributed by atoms with Crippen LogP contribution in [0.1, 0.15) is 70.3 Å². The van der Waals surface area contributed by atoms with Crippen molar-refractivity contribution in [2.75, 3.05) is 64.5 Å². The average Bonchev–Trinajstić information content (AvgIpc) is 3.32. The Bertz CT molecular complexity index is 2070. The number of benzene rings is 4. The van der Waals surface area contributed by atoms with E-state index in [1.54, 1.807) is 24.1 Å². The Balaban J connectivity index is 0.000000478. The molecule has 0 saturated carbocycles. The van der Waals surface area contributed by atoms with Crippen molar-refractivity contribution in [3.05, 3.63) is 133 Å². The first kappa shape index (κ1) is 62.2. The van der Waals surface area contributed by atoms with Crippen LogP contribution in [0.15, 0.2) is 128 Å². The molecule has 0 bridgehead atoms. The van der Waals surface area contributed by atoms with Crippen LogP contribution in [0.25, 0.3) is 0 Å². The van der Waals surface area contributed by atoms with Crippen molar-refractivity contribution in [3.8, 4) is 0 Å². The summed E-state index contributed by atoms with van der Waals surface area (Å²) in [6, 6.07) is 40.7. The first-order chi connectivity index (χ1) is 32.8. The van der Waals surface area contributed by atoms with Gasteiger partial charge in [-0.2, -0.15) is 0 Å². The fourth-order valence-corrected chi connectivity index (χ4v) is 12.9. The van der Waals surface area contributed by atoms with E-state index in [0.717, 1.165) is 16.2 Å². The molecule has 18 heteroatoms.